The van der Waals surface area contributed by atoms with Crippen molar-refractivity contribution in [3.05, 3.63) is 32.5 Å². The summed E-state index contributed by atoms with van der Waals surface area (Å²) < 4.78 is 37.3. The van der Waals surface area contributed by atoms with Crippen molar-refractivity contribution in [2.24, 2.45) is 0 Å². The van der Waals surface area contributed by atoms with E-state index < -0.39 is 20.8 Å². The molecule has 1 rings (SSSR count). The molecule has 0 spiro atoms. The number of hydrogen-bond donors (Lipinski definition) is 2. The van der Waals surface area contributed by atoms with Gasteiger partial charge in [0.25, 0.3) is 5.69 Å². The van der Waals surface area contributed by atoms with Crippen LogP contribution in [0.5, 0.6) is 0 Å². The van der Waals surface area contributed by atoms with E-state index in [1.807, 2.05) is 0 Å². The summed E-state index contributed by atoms with van der Waals surface area (Å²) in [5.41, 5.74) is -0.204. The van der Waals surface area contributed by atoms with Crippen LogP contribution in [-0.2, 0) is 10.0 Å². The first-order valence-electron chi connectivity index (χ1n) is 5.52. The third-order valence-corrected chi connectivity index (χ3v) is 3.60. The zero-order valence-electron chi connectivity index (χ0n) is 10.5. The van der Waals surface area contributed by atoms with Gasteiger partial charge in [0.05, 0.1) is 15.7 Å². The predicted octanol–water partition coefficient (Wildman–Crippen LogP) is 1.85. The fraction of sp³-hybridized carbons (Fsp3) is 0.400. The highest BCUT2D eigenvalue weighted by Crippen LogP contribution is 2.30. The van der Waals surface area contributed by atoms with Crippen molar-refractivity contribution in [3.8, 4) is 0 Å². The fourth-order valence-electron chi connectivity index (χ4n) is 1.40. The minimum absolute atomic E-state index is 0.00786. The lowest BCUT2D eigenvalue weighted by atomic mass is 10.2. The number of sulfonamides is 1. The van der Waals surface area contributed by atoms with Crippen molar-refractivity contribution in [1.29, 1.82) is 0 Å². The Morgan fingerprint density at radius 2 is 2.05 bits per heavy atom. The number of benzene rings is 1. The van der Waals surface area contributed by atoms with Crippen molar-refractivity contribution >= 4 is 37.3 Å². The summed E-state index contributed by atoms with van der Waals surface area (Å²) in [6, 6.07) is 2.10. The molecule has 0 aliphatic rings. The molecule has 1 aromatic rings. The van der Waals surface area contributed by atoms with E-state index in [0.29, 0.717) is 6.42 Å². The van der Waals surface area contributed by atoms with Gasteiger partial charge in [-0.15, -0.1) is 0 Å². The van der Waals surface area contributed by atoms with Crippen LogP contribution in [0.1, 0.15) is 6.42 Å². The second kappa shape index (κ2) is 6.95. The predicted molar refractivity (Wildman–Crippen MR) is 76.7 cm³/mol. The second-order valence-electron chi connectivity index (χ2n) is 3.99. The van der Waals surface area contributed by atoms with Crippen molar-refractivity contribution < 1.29 is 17.7 Å². The van der Waals surface area contributed by atoms with Crippen LogP contribution in [-0.4, -0.2) is 32.7 Å². The third-order valence-electron chi connectivity index (χ3n) is 2.27. The van der Waals surface area contributed by atoms with Crippen molar-refractivity contribution in [2.45, 2.75) is 6.42 Å². The lowest BCUT2D eigenvalue weighted by Gasteiger charge is -2.08. The summed E-state index contributed by atoms with van der Waals surface area (Å²) in [5, 5.41) is 13.5. The molecule has 7 nitrogen and oxygen atoms in total. The Hall–Kier alpha value is -1.26. The van der Waals surface area contributed by atoms with Gasteiger partial charge in [-0.05, 0) is 22.4 Å². The van der Waals surface area contributed by atoms with E-state index >= 15 is 0 Å². The van der Waals surface area contributed by atoms with Gasteiger partial charge in [-0.2, -0.15) is 0 Å². The molecule has 0 radical (unpaired) electrons. The molecule has 20 heavy (non-hydrogen) atoms. The Morgan fingerprint density at radius 3 is 2.60 bits per heavy atom. The highest BCUT2D eigenvalue weighted by Gasteiger charge is 2.17. The molecule has 112 valence electrons. The number of anilines is 1. The number of rotatable bonds is 7. The lowest BCUT2D eigenvalue weighted by Crippen LogP contribution is -2.24. The Balaban J connectivity index is 2.64. The van der Waals surface area contributed by atoms with Crippen LogP contribution in [0.3, 0.4) is 0 Å². The maximum absolute atomic E-state index is 13.4. The van der Waals surface area contributed by atoms with Crippen LogP contribution in [0.2, 0.25) is 0 Å². The number of nitrogens with zero attached hydrogens (tertiary/aromatic N) is 1. The molecule has 0 amide bonds. The quantitative estimate of drug-likeness (QED) is 0.433. The lowest BCUT2D eigenvalue weighted by molar-refractivity contribution is -0.384. The molecule has 0 aliphatic carbocycles. The Bertz CT molecular complexity index is 609. The fourth-order valence-corrected chi connectivity index (χ4v) is 2.24. The van der Waals surface area contributed by atoms with Gasteiger partial charge in [-0.1, -0.05) is 0 Å². The number of nitro benzene ring substituents is 1. The second-order valence-corrected chi connectivity index (χ2v) is 6.67. The van der Waals surface area contributed by atoms with Crippen LogP contribution in [0.25, 0.3) is 0 Å². The monoisotopic (exact) mass is 369 g/mol. The van der Waals surface area contributed by atoms with Gasteiger partial charge in [0.15, 0.2) is 0 Å². The first kappa shape index (κ1) is 16.8. The molecule has 0 aromatic heterocycles. The van der Waals surface area contributed by atoms with Crippen molar-refractivity contribution in [3.63, 3.8) is 0 Å². The molecule has 1 aromatic carbocycles. The van der Waals surface area contributed by atoms with E-state index in [-0.39, 0.29) is 28.9 Å². The third kappa shape index (κ3) is 5.39. The van der Waals surface area contributed by atoms with Crippen LogP contribution in [0.15, 0.2) is 16.6 Å². The highest BCUT2D eigenvalue weighted by molar-refractivity contribution is 9.10. The van der Waals surface area contributed by atoms with Gasteiger partial charge in [-0.25, -0.2) is 17.5 Å². The summed E-state index contributed by atoms with van der Waals surface area (Å²) >= 11 is 2.88. The van der Waals surface area contributed by atoms with Gasteiger partial charge in [0.2, 0.25) is 10.0 Å². The number of halogens is 2. The van der Waals surface area contributed by atoms with E-state index in [1.54, 1.807) is 0 Å². The van der Waals surface area contributed by atoms with Crippen molar-refractivity contribution in [2.75, 3.05) is 24.7 Å². The molecule has 0 bridgehead atoms. The van der Waals surface area contributed by atoms with Gasteiger partial charge in [0, 0.05) is 25.2 Å². The zero-order valence-corrected chi connectivity index (χ0v) is 12.9. The van der Waals surface area contributed by atoms with Crippen LogP contribution in [0.4, 0.5) is 15.8 Å². The van der Waals surface area contributed by atoms with Crippen LogP contribution < -0.4 is 10.0 Å². The molecule has 0 saturated heterocycles. The molecule has 0 fully saturated rings. The maximum atomic E-state index is 13.4. The Kier molecular flexibility index (Phi) is 5.84. The standard InChI is InChI=1S/C10H13BrFN3O4S/c1-20(18,19)14-4-2-3-13-9-6-8(12)7(11)5-10(9)15(16)17/h5-6,13-14H,2-4H2,1H3. The van der Waals surface area contributed by atoms with Crippen LogP contribution >= 0.6 is 15.9 Å². The SMILES string of the molecule is CS(=O)(=O)NCCCNc1cc(F)c(Br)cc1[N+](=O)[O-]. The average molecular weight is 370 g/mol. The number of nitrogens with one attached hydrogen (secondary N) is 2. The Morgan fingerprint density at radius 1 is 1.40 bits per heavy atom. The minimum Gasteiger partial charge on any atom is -0.379 e. The highest BCUT2D eigenvalue weighted by atomic mass is 79.9. The number of hydrogen-bond acceptors (Lipinski definition) is 5. The molecule has 0 unspecified atom stereocenters. The topological polar surface area (TPSA) is 101 Å². The largest absolute Gasteiger partial charge is 0.379 e. The number of nitro groups is 1. The van der Waals surface area contributed by atoms with Gasteiger partial charge in [-0.3, -0.25) is 10.1 Å². The van der Waals surface area contributed by atoms with E-state index in [1.165, 1.54) is 0 Å². The summed E-state index contributed by atoms with van der Waals surface area (Å²) in [6.07, 6.45) is 1.44. The molecule has 0 heterocycles. The maximum Gasteiger partial charge on any atom is 0.293 e. The zero-order chi connectivity index (χ0) is 15.3. The van der Waals surface area contributed by atoms with E-state index in [9.17, 15) is 22.9 Å². The summed E-state index contributed by atoms with van der Waals surface area (Å²) in [6.45, 7) is 0.461. The first-order valence-corrected chi connectivity index (χ1v) is 8.21. The Labute approximate surface area is 123 Å². The van der Waals surface area contributed by atoms with Crippen LogP contribution in [0, 0.1) is 15.9 Å². The normalized spacial score (nSPS) is 11.3. The van der Waals surface area contributed by atoms with E-state index in [4.69, 9.17) is 0 Å². The molecular formula is C10H13BrFN3O4S. The van der Waals surface area contributed by atoms with Gasteiger partial charge in [0.1, 0.15) is 11.5 Å². The molecule has 10 heteroatoms. The average Bonchev–Trinajstić information content (AvgIpc) is 2.31. The van der Waals surface area contributed by atoms with Crippen molar-refractivity contribution in [1.82, 2.24) is 4.72 Å². The summed E-state index contributed by atoms with van der Waals surface area (Å²) in [4.78, 5) is 10.2. The summed E-state index contributed by atoms with van der Waals surface area (Å²) in [7, 11) is -3.26. The molecular weight excluding hydrogens is 357 g/mol. The molecule has 0 aliphatic heterocycles. The van der Waals surface area contributed by atoms with Gasteiger partial charge >= 0.3 is 0 Å². The summed E-state index contributed by atoms with van der Waals surface area (Å²) in [5.74, 6) is -0.618. The van der Waals surface area contributed by atoms with Gasteiger partial charge < -0.3 is 5.32 Å². The minimum atomic E-state index is -3.26. The van der Waals surface area contributed by atoms with E-state index in [2.05, 4.69) is 26.0 Å². The molecule has 0 atom stereocenters. The molecule has 0 saturated carbocycles. The molecule has 2 N–H and O–H groups in total. The smallest absolute Gasteiger partial charge is 0.293 e. The van der Waals surface area contributed by atoms with E-state index in [0.717, 1.165) is 18.4 Å². The first-order chi connectivity index (χ1) is 9.20.